The maximum Gasteiger partial charge on any atom is 0.312 e. The van der Waals surface area contributed by atoms with E-state index in [9.17, 15) is 9.59 Å². The number of benzene rings is 1. The third-order valence-corrected chi connectivity index (χ3v) is 2.21. The van der Waals surface area contributed by atoms with Gasteiger partial charge in [0.15, 0.2) is 0 Å². The number of urea groups is 1. The number of rotatable bonds is 5. The molecular weight excluding hydrogens is 220 g/mol. The van der Waals surface area contributed by atoms with Gasteiger partial charge in [0, 0.05) is 6.54 Å². The molecule has 17 heavy (non-hydrogen) atoms. The fourth-order valence-corrected chi connectivity index (χ4v) is 1.21. The maximum absolute atomic E-state index is 11.5. The lowest BCUT2D eigenvalue weighted by atomic mass is 10.2. The SMILES string of the molecule is C[C@@H](CNC(N)=O)C(=O)OCc1ccccc1. The van der Waals surface area contributed by atoms with Crippen molar-refractivity contribution in [3.8, 4) is 0 Å². The first-order valence-electron chi connectivity index (χ1n) is 5.33. The fraction of sp³-hybridized carbons (Fsp3) is 0.333. The summed E-state index contributed by atoms with van der Waals surface area (Å²) in [6, 6.07) is 8.75. The molecule has 0 aromatic heterocycles. The molecule has 3 N–H and O–H groups in total. The van der Waals surface area contributed by atoms with Crippen molar-refractivity contribution < 1.29 is 14.3 Å². The largest absolute Gasteiger partial charge is 0.461 e. The number of nitrogens with two attached hydrogens (primary N) is 1. The van der Waals surface area contributed by atoms with Gasteiger partial charge in [0.25, 0.3) is 0 Å². The summed E-state index contributed by atoms with van der Waals surface area (Å²) in [5.41, 5.74) is 5.83. The number of nitrogens with one attached hydrogen (secondary N) is 1. The second-order valence-corrected chi connectivity index (χ2v) is 3.74. The van der Waals surface area contributed by atoms with Gasteiger partial charge in [-0.3, -0.25) is 4.79 Å². The number of amides is 2. The van der Waals surface area contributed by atoms with Crippen LogP contribution in [-0.2, 0) is 16.1 Å². The molecule has 0 saturated heterocycles. The number of esters is 1. The molecule has 0 saturated carbocycles. The van der Waals surface area contributed by atoms with Gasteiger partial charge in [-0.2, -0.15) is 0 Å². The average Bonchev–Trinajstić information content (AvgIpc) is 2.34. The van der Waals surface area contributed by atoms with Crippen molar-refractivity contribution in [1.82, 2.24) is 5.32 Å². The van der Waals surface area contributed by atoms with Crippen LogP contribution in [0.4, 0.5) is 4.79 Å². The number of ether oxygens (including phenoxy) is 1. The Balaban J connectivity index is 2.32. The van der Waals surface area contributed by atoms with Crippen molar-refractivity contribution >= 4 is 12.0 Å². The molecule has 92 valence electrons. The standard InChI is InChI=1S/C12H16N2O3/c1-9(7-14-12(13)16)11(15)17-8-10-5-3-2-4-6-10/h2-6,9H,7-8H2,1H3,(H3,13,14,16)/t9-/m0/s1. The highest BCUT2D eigenvalue weighted by atomic mass is 16.5. The first-order valence-corrected chi connectivity index (χ1v) is 5.33. The van der Waals surface area contributed by atoms with E-state index in [-0.39, 0.29) is 19.1 Å². The molecule has 0 aliphatic rings. The molecule has 5 nitrogen and oxygen atoms in total. The van der Waals surface area contributed by atoms with E-state index in [1.807, 2.05) is 30.3 Å². The minimum Gasteiger partial charge on any atom is -0.461 e. The van der Waals surface area contributed by atoms with E-state index in [0.717, 1.165) is 5.56 Å². The Hall–Kier alpha value is -2.04. The number of primary amides is 1. The molecule has 0 unspecified atom stereocenters. The summed E-state index contributed by atoms with van der Waals surface area (Å²) in [7, 11) is 0. The predicted octanol–water partition coefficient (Wildman–Crippen LogP) is 1.03. The molecule has 0 heterocycles. The van der Waals surface area contributed by atoms with Gasteiger partial charge in [-0.1, -0.05) is 37.3 Å². The molecule has 0 radical (unpaired) electrons. The van der Waals surface area contributed by atoms with E-state index in [1.54, 1.807) is 6.92 Å². The van der Waals surface area contributed by atoms with Crippen LogP contribution in [0.2, 0.25) is 0 Å². The van der Waals surface area contributed by atoms with Crippen LogP contribution in [-0.4, -0.2) is 18.5 Å². The Kier molecular flexibility index (Phi) is 5.00. The normalized spacial score (nSPS) is 11.6. The van der Waals surface area contributed by atoms with E-state index < -0.39 is 11.9 Å². The first kappa shape index (κ1) is 13.0. The third kappa shape index (κ3) is 5.01. The van der Waals surface area contributed by atoms with Crippen LogP contribution in [0.15, 0.2) is 30.3 Å². The topological polar surface area (TPSA) is 81.4 Å². The zero-order chi connectivity index (χ0) is 12.7. The summed E-state index contributed by atoms with van der Waals surface area (Å²) >= 11 is 0. The summed E-state index contributed by atoms with van der Waals surface area (Å²) in [5, 5.41) is 2.36. The van der Waals surface area contributed by atoms with E-state index in [2.05, 4.69) is 5.32 Å². The summed E-state index contributed by atoms with van der Waals surface area (Å²) in [5.74, 6) is -0.770. The van der Waals surface area contributed by atoms with Crippen LogP contribution in [0.25, 0.3) is 0 Å². The van der Waals surface area contributed by atoms with Crippen LogP contribution in [0, 0.1) is 5.92 Å². The average molecular weight is 236 g/mol. The highest BCUT2D eigenvalue weighted by Gasteiger charge is 2.14. The van der Waals surface area contributed by atoms with E-state index in [4.69, 9.17) is 10.5 Å². The maximum atomic E-state index is 11.5. The Morgan fingerprint density at radius 3 is 2.59 bits per heavy atom. The molecule has 1 atom stereocenters. The summed E-state index contributed by atoms with van der Waals surface area (Å²) in [4.78, 5) is 22.0. The minimum atomic E-state index is -0.646. The van der Waals surface area contributed by atoms with Crippen molar-refractivity contribution in [2.45, 2.75) is 13.5 Å². The van der Waals surface area contributed by atoms with Gasteiger partial charge in [0.1, 0.15) is 6.61 Å². The highest BCUT2D eigenvalue weighted by Crippen LogP contribution is 2.04. The number of carbonyl (C=O) groups excluding carboxylic acids is 2. The molecule has 0 aliphatic heterocycles. The van der Waals surface area contributed by atoms with Crippen molar-refractivity contribution in [2.75, 3.05) is 6.54 Å². The molecule has 0 aliphatic carbocycles. The van der Waals surface area contributed by atoms with E-state index in [0.29, 0.717) is 0 Å². The summed E-state index contributed by atoms with van der Waals surface area (Å²) in [6.07, 6.45) is 0. The zero-order valence-electron chi connectivity index (χ0n) is 9.68. The Morgan fingerprint density at radius 2 is 2.00 bits per heavy atom. The van der Waals surface area contributed by atoms with Gasteiger partial charge in [-0.25, -0.2) is 4.79 Å². The van der Waals surface area contributed by atoms with Crippen LogP contribution in [0.1, 0.15) is 12.5 Å². The van der Waals surface area contributed by atoms with Crippen LogP contribution < -0.4 is 11.1 Å². The monoisotopic (exact) mass is 236 g/mol. The molecule has 0 spiro atoms. The van der Waals surface area contributed by atoms with E-state index in [1.165, 1.54) is 0 Å². The number of hydrogen-bond acceptors (Lipinski definition) is 3. The summed E-state index contributed by atoms with van der Waals surface area (Å²) in [6.45, 7) is 2.09. The van der Waals surface area contributed by atoms with Crippen molar-refractivity contribution in [1.29, 1.82) is 0 Å². The van der Waals surface area contributed by atoms with Gasteiger partial charge >= 0.3 is 12.0 Å². The second-order valence-electron chi connectivity index (χ2n) is 3.74. The Morgan fingerprint density at radius 1 is 1.35 bits per heavy atom. The molecule has 0 fully saturated rings. The quantitative estimate of drug-likeness (QED) is 0.749. The Bertz CT molecular complexity index is 379. The van der Waals surface area contributed by atoms with Crippen molar-refractivity contribution in [3.05, 3.63) is 35.9 Å². The molecular formula is C12H16N2O3. The minimum absolute atomic E-state index is 0.183. The van der Waals surface area contributed by atoms with Crippen molar-refractivity contribution in [3.63, 3.8) is 0 Å². The zero-order valence-corrected chi connectivity index (χ0v) is 9.68. The van der Waals surface area contributed by atoms with Gasteiger partial charge in [0.2, 0.25) is 0 Å². The molecule has 1 aromatic rings. The first-order chi connectivity index (χ1) is 8.09. The smallest absolute Gasteiger partial charge is 0.312 e. The number of carbonyl (C=O) groups is 2. The lowest BCUT2D eigenvalue weighted by molar-refractivity contribution is -0.149. The number of hydrogen-bond donors (Lipinski definition) is 2. The molecule has 1 aromatic carbocycles. The van der Waals surface area contributed by atoms with Crippen molar-refractivity contribution in [2.24, 2.45) is 11.7 Å². The van der Waals surface area contributed by atoms with Gasteiger partial charge in [-0.15, -0.1) is 0 Å². The molecule has 5 heteroatoms. The predicted molar refractivity (Wildman–Crippen MR) is 63.0 cm³/mol. The van der Waals surface area contributed by atoms with Gasteiger partial charge in [0.05, 0.1) is 5.92 Å². The fourth-order valence-electron chi connectivity index (χ4n) is 1.21. The van der Waals surface area contributed by atoms with E-state index >= 15 is 0 Å². The van der Waals surface area contributed by atoms with Crippen LogP contribution >= 0.6 is 0 Å². The second kappa shape index (κ2) is 6.52. The lowest BCUT2D eigenvalue weighted by Crippen LogP contribution is -2.35. The van der Waals surface area contributed by atoms with Crippen LogP contribution in [0.3, 0.4) is 0 Å². The third-order valence-electron chi connectivity index (χ3n) is 2.21. The highest BCUT2D eigenvalue weighted by molar-refractivity contribution is 5.75. The van der Waals surface area contributed by atoms with Gasteiger partial charge < -0.3 is 15.8 Å². The van der Waals surface area contributed by atoms with Crippen LogP contribution in [0.5, 0.6) is 0 Å². The Labute approximate surface area is 99.9 Å². The molecule has 2 amide bonds. The molecule has 1 rings (SSSR count). The van der Waals surface area contributed by atoms with Gasteiger partial charge in [-0.05, 0) is 5.56 Å². The molecule has 0 bridgehead atoms. The summed E-state index contributed by atoms with van der Waals surface area (Å²) < 4.78 is 5.09. The lowest BCUT2D eigenvalue weighted by Gasteiger charge is -2.11.